The van der Waals surface area contributed by atoms with Gasteiger partial charge < -0.3 is 14.8 Å². The van der Waals surface area contributed by atoms with E-state index >= 15 is 0 Å². The molecular formula is C20H18F2N2O3S. The van der Waals surface area contributed by atoms with E-state index in [9.17, 15) is 13.6 Å². The number of nitrogens with zero attached hydrogens (tertiary/aromatic N) is 1. The molecule has 0 aliphatic carbocycles. The molecule has 1 N–H and O–H groups in total. The lowest BCUT2D eigenvalue weighted by molar-refractivity contribution is 0.0531. The van der Waals surface area contributed by atoms with Crippen LogP contribution >= 0.6 is 11.3 Å². The second kappa shape index (κ2) is 8.35. The predicted molar refractivity (Wildman–Crippen MR) is 104 cm³/mol. The first-order valence-electron chi connectivity index (χ1n) is 8.48. The molecular weight excluding hydrogens is 386 g/mol. The highest BCUT2D eigenvalue weighted by atomic mass is 32.1. The largest absolute Gasteiger partial charge is 0.497 e. The van der Waals surface area contributed by atoms with E-state index in [0.29, 0.717) is 22.6 Å². The van der Waals surface area contributed by atoms with Crippen molar-refractivity contribution in [3.05, 3.63) is 58.6 Å². The van der Waals surface area contributed by atoms with Gasteiger partial charge in [-0.25, -0.2) is 18.6 Å². The van der Waals surface area contributed by atoms with Gasteiger partial charge in [-0.3, -0.25) is 0 Å². The second-order valence-electron chi connectivity index (χ2n) is 5.83. The van der Waals surface area contributed by atoms with Crippen molar-refractivity contribution in [3.8, 4) is 16.9 Å². The number of halogens is 2. The van der Waals surface area contributed by atoms with Gasteiger partial charge in [0.05, 0.1) is 19.4 Å². The van der Waals surface area contributed by atoms with Crippen molar-refractivity contribution in [2.75, 3.05) is 19.0 Å². The first kappa shape index (κ1) is 19.8. The van der Waals surface area contributed by atoms with Crippen LogP contribution in [0.1, 0.15) is 22.3 Å². The fourth-order valence-electron chi connectivity index (χ4n) is 2.60. The number of anilines is 2. The Bertz CT molecular complexity index is 997. The van der Waals surface area contributed by atoms with Crippen molar-refractivity contribution in [1.82, 2.24) is 4.98 Å². The van der Waals surface area contributed by atoms with Gasteiger partial charge in [0.2, 0.25) is 0 Å². The van der Waals surface area contributed by atoms with Gasteiger partial charge in [0.15, 0.2) is 5.13 Å². The lowest BCUT2D eigenvalue weighted by Gasteiger charge is -2.10. The van der Waals surface area contributed by atoms with Crippen LogP contribution in [0.15, 0.2) is 36.4 Å². The Labute approximate surface area is 164 Å². The number of thiazole rings is 1. The molecule has 3 rings (SSSR count). The fraction of sp³-hybridized carbons (Fsp3) is 0.200. The number of rotatable bonds is 6. The molecule has 0 bridgehead atoms. The van der Waals surface area contributed by atoms with E-state index in [-0.39, 0.29) is 22.3 Å². The molecule has 0 saturated carbocycles. The zero-order valence-corrected chi connectivity index (χ0v) is 16.3. The third-order valence-electron chi connectivity index (χ3n) is 3.93. The van der Waals surface area contributed by atoms with Gasteiger partial charge in [-0.15, -0.1) is 0 Å². The van der Waals surface area contributed by atoms with Crippen molar-refractivity contribution in [2.45, 2.75) is 13.8 Å². The molecule has 0 saturated heterocycles. The number of aryl methyl sites for hydroxylation is 1. The van der Waals surface area contributed by atoms with Crippen LogP contribution in [0.2, 0.25) is 0 Å². The quantitative estimate of drug-likeness (QED) is 0.563. The Morgan fingerprint density at radius 3 is 2.54 bits per heavy atom. The van der Waals surface area contributed by atoms with Crippen molar-refractivity contribution < 1.29 is 23.0 Å². The van der Waals surface area contributed by atoms with Crippen LogP contribution in [0.5, 0.6) is 5.75 Å². The lowest BCUT2D eigenvalue weighted by Crippen LogP contribution is -2.03. The van der Waals surface area contributed by atoms with Crippen molar-refractivity contribution in [3.63, 3.8) is 0 Å². The molecule has 28 heavy (non-hydrogen) atoms. The molecule has 0 aliphatic rings. The maximum absolute atomic E-state index is 14.6. The summed E-state index contributed by atoms with van der Waals surface area (Å²) in [5, 5.41) is 2.83. The van der Waals surface area contributed by atoms with Crippen LogP contribution < -0.4 is 10.1 Å². The summed E-state index contributed by atoms with van der Waals surface area (Å²) in [7, 11) is 1.52. The summed E-state index contributed by atoms with van der Waals surface area (Å²) in [6, 6.07) is 9.38. The molecule has 3 aromatic rings. The van der Waals surface area contributed by atoms with Crippen LogP contribution in [0.25, 0.3) is 11.1 Å². The zero-order valence-electron chi connectivity index (χ0n) is 15.5. The third-order valence-corrected chi connectivity index (χ3v) is 4.99. The van der Waals surface area contributed by atoms with Crippen LogP contribution in [0.3, 0.4) is 0 Å². The highest BCUT2D eigenvalue weighted by Crippen LogP contribution is 2.33. The number of ether oxygens (including phenoxy) is 2. The lowest BCUT2D eigenvalue weighted by atomic mass is 10.0. The highest BCUT2D eigenvalue weighted by Gasteiger charge is 2.19. The zero-order chi connectivity index (χ0) is 20.3. The van der Waals surface area contributed by atoms with Gasteiger partial charge in [-0.05, 0) is 49.2 Å². The minimum Gasteiger partial charge on any atom is -0.497 e. The molecule has 0 atom stereocenters. The first-order valence-corrected chi connectivity index (χ1v) is 9.29. The number of nitrogens with one attached hydrogen (secondary N) is 1. The molecule has 2 aromatic carbocycles. The minimum atomic E-state index is -0.775. The standard InChI is InChI=1S/C20H18F2N2O3S/c1-4-27-19(25)18-11(2)23-20(28-18)24-17-15(21)9-13(10-16(17)22)12-6-5-7-14(8-12)26-3/h5-10H,4H2,1-3H3,(H,23,24). The van der Waals surface area contributed by atoms with Gasteiger partial charge in [-0.2, -0.15) is 0 Å². The minimum absolute atomic E-state index is 0.201. The number of esters is 1. The average molecular weight is 404 g/mol. The number of benzene rings is 2. The monoisotopic (exact) mass is 404 g/mol. The Morgan fingerprint density at radius 2 is 1.89 bits per heavy atom. The molecule has 0 aliphatic heterocycles. The summed E-state index contributed by atoms with van der Waals surface area (Å²) < 4.78 is 39.3. The molecule has 5 nitrogen and oxygen atoms in total. The van der Waals surface area contributed by atoms with Crippen molar-refractivity contribution >= 4 is 28.1 Å². The normalized spacial score (nSPS) is 10.6. The summed E-state index contributed by atoms with van der Waals surface area (Å²) in [5.74, 6) is -1.48. The summed E-state index contributed by atoms with van der Waals surface area (Å²) in [6.07, 6.45) is 0. The molecule has 1 aromatic heterocycles. The van der Waals surface area contributed by atoms with Gasteiger partial charge in [0, 0.05) is 0 Å². The second-order valence-corrected chi connectivity index (χ2v) is 6.82. The Kier molecular flexibility index (Phi) is 5.89. The molecule has 1 heterocycles. The van der Waals surface area contributed by atoms with E-state index in [0.717, 1.165) is 11.3 Å². The SMILES string of the molecule is CCOC(=O)c1sc(Nc2c(F)cc(-c3cccc(OC)c3)cc2F)nc1C. The molecule has 0 fully saturated rings. The van der Waals surface area contributed by atoms with E-state index in [1.165, 1.54) is 19.2 Å². The molecule has 0 unspecified atom stereocenters. The van der Waals surface area contributed by atoms with Crippen molar-refractivity contribution in [2.24, 2.45) is 0 Å². The number of hydrogen-bond acceptors (Lipinski definition) is 6. The maximum atomic E-state index is 14.6. The smallest absolute Gasteiger partial charge is 0.350 e. The Balaban J connectivity index is 1.90. The van der Waals surface area contributed by atoms with Crippen LogP contribution in [-0.4, -0.2) is 24.7 Å². The first-order chi connectivity index (χ1) is 13.4. The van der Waals surface area contributed by atoms with Gasteiger partial charge in [-0.1, -0.05) is 23.5 Å². The van der Waals surface area contributed by atoms with Gasteiger partial charge in [0.25, 0.3) is 0 Å². The fourth-order valence-corrected chi connectivity index (χ4v) is 3.47. The Morgan fingerprint density at radius 1 is 1.18 bits per heavy atom. The number of aromatic nitrogens is 1. The number of carbonyl (C=O) groups is 1. The van der Waals surface area contributed by atoms with E-state index in [4.69, 9.17) is 9.47 Å². The molecule has 0 amide bonds. The van der Waals surface area contributed by atoms with Crippen LogP contribution in [0.4, 0.5) is 19.6 Å². The van der Waals surface area contributed by atoms with E-state index in [1.54, 1.807) is 38.1 Å². The Hall–Kier alpha value is -3.00. The summed E-state index contributed by atoms with van der Waals surface area (Å²) in [4.78, 5) is 16.3. The number of methoxy groups -OCH3 is 1. The molecule has 8 heteroatoms. The van der Waals surface area contributed by atoms with Crippen LogP contribution in [-0.2, 0) is 4.74 Å². The summed E-state index contributed by atoms with van der Waals surface area (Å²) in [5.41, 5.74) is 1.09. The topological polar surface area (TPSA) is 60.5 Å². The number of carbonyl (C=O) groups excluding carboxylic acids is 1. The van der Waals surface area contributed by atoms with Gasteiger partial charge >= 0.3 is 5.97 Å². The van der Waals surface area contributed by atoms with E-state index in [2.05, 4.69) is 10.3 Å². The summed E-state index contributed by atoms with van der Waals surface area (Å²) in [6.45, 7) is 3.56. The van der Waals surface area contributed by atoms with E-state index in [1.807, 2.05) is 0 Å². The summed E-state index contributed by atoms with van der Waals surface area (Å²) >= 11 is 0.979. The highest BCUT2D eigenvalue weighted by molar-refractivity contribution is 7.17. The van der Waals surface area contributed by atoms with Crippen LogP contribution in [0, 0.1) is 18.6 Å². The average Bonchev–Trinajstić information content (AvgIpc) is 3.05. The molecule has 146 valence electrons. The molecule has 0 radical (unpaired) electrons. The maximum Gasteiger partial charge on any atom is 0.350 e. The van der Waals surface area contributed by atoms with E-state index < -0.39 is 17.6 Å². The molecule has 0 spiro atoms. The van der Waals surface area contributed by atoms with Gasteiger partial charge in [0.1, 0.15) is 27.9 Å². The number of hydrogen-bond donors (Lipinski definition) is 1. The third kappa shape index (κ3) is 4.12. The predicted octanol–water partition coefficient (Wildman–Crippen LogP) is 5.33. The van der Waals surface area contributed by atoms with Crippen molar-refractivity contribution in [1.29, 1.82) is 0 Å².